The van der Waals surface area contributed by atoms with Gasteiger partial charge in [0.1, 0.15) is 28.7 Å². The highest BCUT2D eigenvalue weighted by molar-refractivity contribution is 6.01. The largest absolute Gasteiger partial charge is 0.438 e. The molecule has 56 heavy (non-hydrogen) atoms. The van der Waals surface area contributed by atoms with Gasteiger partial charge in [-0.25, -0.2) is 23.6 Å². The SMILES string of the molecule is Cc1cc(-n2nc3c(c2-n2cc[nH]c2=O)[C@H](C)N(C(=O)c2cc4cc(-c5ccnc(N(C)C)c5C)ccc4n2[C@@]2(c4noc(=O)[nH]4)CC2C)CC3)cc(C)c1F. The standard InChI is InChI=1S/C41H41FN10O4/c1-21-16-28(17-22(2)34(21)42)52-36(50-15-13-44-39(50)54)33-25(5)49(14-11-30(33)46-52)37(53)32-19-27-18-26(29-10-12-43-35(24(29)4)48(6)7)8-9-31(27)51(32)41(20-23(41)3)38-45-40(55)56-47-38/h8-10,12-13,15-19,23,25H,11,14,20H2,1-7H3,(H,44,54)(H,45,47,55)/t23?,25-,41-/m0/s1. The Morgan fingerprint density at radius 3 is 2.45 bits per heavy atom. The number of aromatic amines is 2. The maximum absolute atomic E-state index is 15.3. The third-order valence-electron chi connectivity index (χ3n) is 11.7. The topological polar surface area (TPSA) is 156 Å². The van der Waals surface area contributed by atoms with Crippen LogP contribution in [0.5, 0.6) is 0 Å². The summed E-state index contributed by atoms with van der Waals surface area (Å²) in [4.78, 5) is 54.7. The highest BCUT2D eigenvalue weighted by atomic mass is 19.1. The van der Waals surface area contributed by atoms with Crippen LogP contribution in [0.4, 0.5) is 10.2 Å². The minimum Gasteiger partial charge on any atom is -0.363 e. The lowest BCUT2D eigenvalue weighted by Crippen LogP contribution is -2.41. The normalized spacial score (nSPS) is 19.1. The quantitative estimate of drug-likeness (QED) is 0.209. The van der Waals surface area contributed by atoms with Gasteiger partial charge < -0.3 is 19.4 Å². The summed E-state index contributed by atoms with van der Waals surface area (Å²) in [5.74, 6) is 0.532. The summed E-state index contributed by atoms with van der Waals surface area (Å²) < 4.78 is 25.0. The van der Waals surface area contributed by atoms with E-state index in [1.54, 1.807) is 49.3 Å². The molecule has 2 aromatic carbocycles. The summed E-state index contributed by atoms with van der Waals surface area (Å²) in [5.41, 5.74) is 6.04. The summed E-state index contributed by atoms with van der Waals surface area (Å²) in [6.07, 6.45) is 6.02. The molecule has 14 nitrogen and oxygen atoms in total. The van der Waals surface area contributed by atoms with Crippen molar-refractivity contribution in [3.05, 3.63) is 127 Å². The van der Waals surface area contributed by atoms with E-state index in [2.05, 4.69) is 33.1 Å². The van der Waals surface area contributed by atoms with Gasteiger partial charge in [-0.05, 0) is 104 Å². The monoisotopic (exact) mass is 756 g/mol. The predicted octanol–water partition coefficient (Wildman–Crippen LogP) is 5.72. The van der Waals surface area contributed by atoms with Gasteiger partial charge in [-0.15, -0.1) is 0 Å². The number of aryl methyl sites for hydroxylation is 2. The van der Waals surface area contributed by atoms with Crippen LogP contribution in [0, 0.1) is 32.5 Å². The number of hydrogen-bond acceptors (Lipinski definition) is 8. The fourth-order valence-corrected chi connectivity index (χ4v) is 8.85. The Hall–Kier alpha value is -6.51. The molecule has 1 fully saturated rings. The van der Waals surface area contributed by atoms with Gasteiger partial charge in [0.2, 0.25) is 0 Å². The van der Waals surface area contributed by atoms with Gasteiger partial charge >= 0.3 is 11.4 Å². The Kier molecular flexibility index (Phi) is 7.87. The minimum atomic E-state index is -0.831. The lowest BCUT2D eigenvalue weighted by molar-refractivity contribution is 0.0663. The number of fused-ring (bicyclic) bond motifs is 2. The molecule has 0 spiro atoms. The number of nitrogens with zero attached hydrogens (tertiary/aromatic N) is 8. The van der Waals surface area contributed by atoms with Gasteiger partial charge in [-0.2, -0.15) is 5.10 Å². The zero-order valence-electron chi connectivity index (χ0n) is 32.1. The van der Waals surface area contributed by atoms with E-state index in [0.717, 1.165) is 44.7 Å². The Bertz CT molecular complexity index is 2830. The average Bonchev–Trinajstić information content (AvgIpc) is 3.69. The number of carbonyl (C=O) groups excluding carboxylic acids is 1. The zero-order chi connectivity index (χ0) is 39.4. The Morgan fingerprint density at radius 1 is 1.05 bits per heavy atom. The molecule has 1 saturated carbocycles. The predicted molar refractivity (Wildman–Crippen MR) is 208 cm³/mol. The number of aromatic nitrogens is 8. The van der Waals surface area contributed by atoms with E-state index >= 15 is 4.79 Å². The molecule has 286 valence electrons. The van der Waals surface area contributed by atoms with Crippen molar-refractivity contribution in [2.75, 3.05) is 25.5 Å². The Labute approximate surface area is 320 Å². The summed E-state index contributed by atoms with van der Waals surface area (Å²) in [6, 6.07) is 13.0. The number of benzene rings is 2. The van der Waals surface area contributed by atoms with Gasteiger partial charge in [-0.3, -0.25) is 18.9 Å². The number of imidazole rings is 1. The first kappa shape index (κ1) is 35.2. The number of rotatable bonds is 7. The Morgan fingerprint density at radius 2 is 1.80 bits per heavy atom. The number of pyridine rings is 1. The van der Waals surface area contributed by atoms with Crippen molar-refractivity contribution in [3.63, 3.8) is 0 Å². The molecule has 2 aliphatic rings. The van der Waals surface area contributed by atoms with E-state index < -0.39 is 17.3 Å². The van der Waals surface area contributed by atoms with Crippen LogP contribution in [0.2, 0.25) is 0 Å². The molecule has 5 aromatic heterocycles. The van der Waals surface area contributed by atoms with Crippen molar-refractivity contribution in [1.82, 2.24) is 43.9 Å². The van der Waals surface area contributed by atoms with Crippen LogP contribution < -0.4 is 16.3 Å². The van der Waals surface area contributed by atoms with Crippen LogP contribution >= 0.6 is 0 Å². The zero-order valence-corrected chi connectivity index (χ0v) is 32.1. The fraction of sp³-hybridized carbons (Fsp3) is 0.317. The number of halogens is 1. The van der Waals surface area contributed by atoms with E-state index in [4.69, 9.17) is 9.62 Å². The van der Waals surface area contributed by atoms with Gasteiger partial charge in [0, 0.05) is 62.1 Å². The summed E-state index contributed by atoms with van der Waals surface area (Å²) >= 11 is 0. The maximum atomic E-state index is 15.3. The second-order valence-corrected chi connectivity index (χ2v) is 15.4. The van der Waals surface area contributed by atoms with E-state index in [0.29, 0.717) is 53.5 Å². The molecule has 0 radical (unpaired) electrons. The van der Waals surface area contributed by atoms with E-state index in [1.807, 2.05) is 66.6 Å². The molecule has 1 aliphatic carbocycles. The molecule has 7 aromatic rings. The van der Waals surface area contributed by atoms with Crippen molar-refractivity contribution >= 4 is 22.6 Å². The first-order chi connectivity index (χ1) is 26.8. The molecule has 1 amide bonds. The number of amides is 1. The lowest BCUT2D eigenvalue weighted by atomic mass is 9.98. The van der Waals surface area contributed by atoms with Crippen molar-refractivity contribution in [1.29, 1.82) is 0 Å². The molecule has 0 saturated heterocycles. The second-order valence-electron chi connectivity index (χ2n) is 15.4. The van der Waals surface area contributed by atoms with Crippen molar-refractivity contribution in [2.45, 2.75) is 59.0 Å². The van der Waals surface area contributed by atoms with E-state index in [9.17, 15) is 14.0 Å². The van der Waals surface area contributed by atoms with Crippen LogP contribution in [0.3, 0.4) is 0 Å². The molecule has 15 heteroatoms. The number of nitrogens with one attached hydrogen (secondary N) is 2. The molecular weight excluding hydrogens is 716 g/mol. The van der Waals surface area contributed by atoms with Crippen molar-refractivity contribution in [3.8, 4) is 22.6 Å². The molecule has 6 heterocycles. The molecule has 0 bridgehead atoms. The molecule has 9 rings (SSSR count). The third-order valence-corrected chi connectivity index (χ3v) is 11.7. The van der Waals surface area contributed by atoms with E-state index in [1.165, 1.54) is 4.57 Å². The first-order valence-electron chi connectivity index (χ1n) is 18.6. The van der Waals surface area contributed by atoms with Gasteiger partial charge in [0.05, 0.1) is 17.4 Å². The first-order valence-corrected chi connectivity index (χ1v) is 18.6. The smallest absolute Gasteiger partial charge is 0.363 e. The number of hydrogen-bond donors (Lipinski definition) is 2. The molecule has 1 aliphatic heterocycles. The van der Waals surface area contributed by atoms with Crippen LogP contribution in [0.25, 0.3) is 33.5 Å². The van der Waals surface area contributed by atoms with Gasteiger partial charge in [-0.1, -0.05) is 18.1 Å². The van der Waals surface area contributed by atoms with Gasteiger partial charge in [0.15, 0.2) is 5.82 Å². The van der Waals surface area contributed by atoms with Crippen molar-refractivity contribution in [2.24, 2.45) is 5.92 Å². The lowest BCUT2D eigenvalue weighted by Gasteiger charge is -2.34. The number of anilines is 1. The third kappa shape index (κ3) is 5.13. The van der Waals surface area contributed by atoms with Gasteiger partial charge in [0.25, 0.3) is 5.91 Å². The highest BCUT2D eigenvalue weighted by Gasteiger charge is 2.59. The van der Waals surface area contributed by atoms with Crippen molar-refractivity contribution < 1.29 is 13.7 Å². The fourth-order valence-electron chi connectivity index (χ4n) is 8.85. The Balaban J connectivity index is 1.21. The molecule has 1 unspecified atom stereocenters. The molecule has 3 atom stereocenters. The number of H-pyrrole nitrogens is 2. The minimum absolute atomic E-state index is 0.0217. The van der Waals surface area contributed by atoms with Crippen LogP contribution in [0.1, 0.15) is 70.6 Å². The average molecular weight is 757 g/mol. The summed E-state index contributed by atoms with van der Waals surface area (Å²) in [7, 11) is 3.93. The second kappa shape index (κ2) is 12.5. The highest BCUT2D eigenvalue weighted by Crippen LogP contribution is 2.56. The summed E-state index contributed by atoms with van der Waals surface area (Å²) in [6.45, 7) is 9.80. The van der Waals surface area contributed by atoms with Crippen LogP contribution in [-0.4, -0.2) is 70.5 Å². The maximum Gasteiger partial charge on any atom is 0.438 e. The molecular formula is C41H41FN10O4. The summed E-state index contributed by atoms with van der Waals surface area (Å²) in [5, 5.41) is 9.98. The number of carbonyl (C=O) groups is 1. The molecule has 2 N–H and O–H groups in total. The van der Waals surface area contributed by atoms with Crippen LogP contribution in [0.15, 0.2) is 75.2 Å². The van der Waals surface area contributed by atoms with E-state index in [-0.39, 0.29) is 23.3 Å². The van der Waals surface area contributed by atoms with Crippen LogP contribution in [-0.2, 0) is 12.0 Å².